The van der Waals surface area contributed by atoms with Gasteiger partial charge in [0.05, 0.1) is 16.2 Å². The zero-order valence-electron chi connectivity index (χ0n) is 33.5. The van der Waals surface area contributed by atoms with Crippen LogP contribution in [0.3, 0.4) is 0 Å². The topological polar surface area (TPSA) is 51.5 Å². The number of hydrogen-bond donors (Lipinski definition) is 0. The highest BCUT2D eigenvalue weighted by molar-refractivity contribution is 6.12. The molecule has 0 aliphatic heterocycles. The minimum absolute atomic E-state index is 0.567. The summed E-state index contributed by atoms with van der Waals surface area (Å²) in [4.78, 5) is 16.1. The van der Waals surface area contributed by atoms with E-state index >= 15 is 0 Å². The molecule has 1 N–H and O–H groups in total. The number of fused-ring (bicyclic) bond motifs is 15. The lowest BCUT2D eigenvalue weighted by molar-refractivity contribution is 0.669. The van der Waals surface area contributed by atoms with E-state index in [1.165, 1.54) is 55.6 Å². The molecule has 0 radical (unpaired) electrons. The number of nitrogens with zero attached hydrogens (tertiary/aromatic N) is 3. The largest absolute Gasteiger partial charge is 0.545 e. The third-order valence-corrected chi connectivity index (χ3v) is 13.1. The van der Waals surface area contributed by atoms with Crippen LogP contribution in [0.2, 0.25) is 0 Å². The standard InChI is InChI=1S/C58H35N3O/c1-2-17-36(18-3-1)38-19-4-7-25-44(38)56-59-55(60-57(61-56)46-27-16-32-53-54(46)45-26-11-15-31-52(45)62-53)37-33-34-51-47(35-37)43-24-10-14-30-50(43)58(51)48-28-12-8-22-41(48)39-20-5-6-21-40(39)42-23-9-13-29-49(42)58/h1-35H/p+1. The summed E-state index contributed by atoms with van der Waals surface area (Å²) in [7, 11) is 0. The van der Waals surface area contributed by atoms with Crippen LogP contribution in [-0.4, -0.2) is 15.0 Å². The average Bonchev–Trinajstić information content (AvgIpc) is 3.84. The van der Waals surface area contributed by atoms with E-state index in [9.17, 15) is 0 Å². The van der Waals surface area contributed by atoms with Gasteiger partial charge in [0.15, 0.2) is 17.5 Å². The molecule has 0 saturated heterocycles. The zero-order chi connectivity index (χ0) is 40.8. The highest BCUT2D eigenvalue weighted by Gasteiger charge is 2.49. The fourth-order valence-electron chi connectivity index (χ4n) is 10.5. The molecule has 4 nitrogen and oxygen atoms in total. The molecule has 1 spiro atoms. The highest BCUT2D eigenvalue weighted by atomic mass is 16.3. The van der Waals surface area contributed by atoms with Crippen LogP contribution in [0.1, 0.15) is 22.3 Å². The SMILES string of the molecule is c1ccc(-c2ccccc2-c2nc(-c3ccc4c(c3)-c3ccccc3C43c4ccccc4-c4ccccc4-c4ccccc43)nc(-c3cccc4[oH+]c5ccccc5c34)n2)cc1. The van der Waals surface area contributed by atoms with E-state index in [4.69, 9.17) is 19.4 Å². The zero-order valence-corrected chi connectivity index (χ0v) is 33.5. The summed E-state index contributed by atoms with van der Waals surface area (Å²) < 4.78 is 5.00. The van der Waals surface area contributed by atoms with E-state index in [2.05, 4.69) is 200 Å². The number of benzene rings is 9. The molecule has 288 valence electrons. The van der Waals surface area contributed by atoms with Gasteiger partial charge in [-0.25, -0.2) is 15.0 Å². The fourth-order valence-corrected chi connectivity index (χ4v) is 10.5. The molecule has 0 atom stereocenters. The van der Waals surface area contributed by atoms with Crippen molar-refractivity contribution in [2.24, 2.45) is 0 Å². The molecular weight excluding hydrogens is 755 g/mol. The van der Waals surface area contributed by atoms with Crippen molar-refractivity contribution in [1.82, 2.24) is 15.0 Å². The fraction of sp³-hybridized carbons (Fsp3) is 0.0172. The Morgan fingerprint density at radius 2 is 0.758 bits per heavy atom. The maximum atomic E-state index is 5.39. The number of para-hydroxylation sites is 1. The van der Waals surface area contributed by atoms with Gasteiger partial charge >= 0.3 is 0 Å². The Morgan fingerprint density at radius 3 is 1.44 bits per heavy atom. The van der Waals surface area contributed by atoms with Gasteiger partial charge < -0.3 is 4.42 Å². The van der Waals surface area contributed by atoms with Crippen molar-refractivity contribution in [2.75, 3.05) is 0 Å². The summed E-state index contributed by atoms with van der Waals surface area (Å²) in [5, 5.41) is 2.12. The minimum Gasteiger partial charge on any atom is -0.545 e. The first-order valence-electron chi connectivity index (χ1n) is 21.1. The summed E-state index contributed by atoms with van der Waals surface area (Å²) in [6, 6.07) is 76.1. The van der Waals surface area contributed by atoms with Crippen molar-refractivity contribution in [2.45, 2.75) is 5.41 Å². The highest BCUT2D eigenvalue weighted by Crippen LogP contribution is 2.61. The van der Waals surface area contributed by atoms with E-state index in [-0.39, 0.29) is 0 Å². The molecule has 0 amide bonds. The van der Waals surface area contributed by atoms with Gasteiger partial charge in [0.2, 0.25) is 0 Å². The van der Waals surface area contributed by atoms with Crippen LogP contribution in [0.4, 0.5) is 0 Å². The lowest BCUT2D eigenvalue weighted by atomic mass is 9.66. The Hall–Kier alpha value is -8.21. The molecule has 2 aliphatic carbocycles. The lowest BCUT2D eigenvalue weighted by Gasteiger charge is -2.35. The van der Waals surface area contributed by atoms with Crippen LogP contribution < -0.4 is 0 Å². The Labute approximate surface area is 358 Å². The lowest BCUT2D eigenvalue weighted by Crippen LogP contribution is -2.29. The molecule has 62 heavy (non-hydrogen) atoms. The third kappa shape index (κ3) is 4.92. The maximum absolute atomic E-state index is 5.39. The second-order valence-electron chi connectivity index (χ2n) is 16.2. The molecule has 2 aliphatic rings. The average molecular weight is 791 g/mol. The van der Waals surface area contributed by atoms with E-state index in [1.54, 1.807) is 0 Å². The van der Waals surface area contributed by atoms with Crippen LogP contribution in [0.5, 0.6) is 0 Å². The van der Waals surface area contributed by atoms with E-state index in [0.717, 1.165) is 49.8 Å². The molecule has 11 aromatic rings. The Balaban J connectivity index is 1.08. The van der Waals surface area contributed by atoms with Crippen molar-refractivity contribution in [1.29, 1.82) is 0 Å². The summed E-state index contributed by atoms with van der Waals surface area (Å²) in [5.41, 5.74) is 18.7. The molecule has 13 rings (SSSR count). The summed E-state index contributed by atoms with van der Waals surface area (Å²) >= 11 is 0. The van der Waals surface area contributed by atoms with Crippen molar-refractivity contribution in [3.05, 3.63) is 235 Å². The Bertz CT molecular complexity index is 3540. The molecule has 0 bridgehead atoms. The molecule has 2 heterocycles. The molecule has 0 fully saturated rings. The van der Waals surface area contributed by atoms with Crippen LogP contribution in [0, 0.1) is 0 Å². The smallest absolute Gasteiger partial charge is 0.269 e. The van der Waals surface area contributed by atoms with E-state index in [1.807, 2.05) is 12.1 Å². The van der Waals surface area contributed by atoms with Gasteiger partial charge in [-0.2, -0.15) is 0 Å². The molecular formula is C58H36N3O+. The second-order valence-corrected chi connectivity index (χ2v) is 16.2. The van der Waals surface area contributed by atoms with Gasteiger partial charge in [-0.1, -0.05) is 182 Å². The predicted octanol–water partition coefficient (Wildman–Crippen LogP) is 14.6. The first kappa shape index (κ1) is 34.6. The number of hydrogen-bond acceptors (Lipinski definition) is 3. The molecule has 0 saturated carbocycles. The molecule has 4 heteroatoms. The third-order valence-electron chi connectivity index (χ3n) is 13.1. The van der Waals surface area contributed by atoms with Crippen LogP contribution in [0.15, 0.2) is 217 Å². The van der Waals surface area contributed by atoms with Gasteiger partial charge in [-0.15, -0.1) is 0 Å². The van der Waals surface area contributed by atoms with Crippen LogP contribution >= 0.6 is 0 Å². The minimum atomic E-state index is -0.567. The Kier molecular flexibility index (Phi) is 7.49. The number of furan rings is 1. The Morgan fingerprint density at radius 1 is 0.290 bits per heavy atom. The van der Waals surface area contributed by atoms with E-state index < -0.39 is 5.41 Å². The number of rotatable bonds is 4. The van der Waals surface area contributed by atoms with Crippen molar-refractivity contribution < 1.29 is 4.42 Å². The number of aromatic nitrogens is 3. The van der Waals surface area contributed by atoms with Crippen LogP contribution in [0.25, 0.3) is 101 Å². The molecule has 9 aromatic carbocycles. The maximum Gasteiger partial charge on any atom is 0.269 e. The normalized spacial score (nSPS) is 13.0. The van der Waals surface area contributed by atoms with Gasteiger partial charge in [-0.3, -0.25) is 0 Å². The predicted molar refractivity (Wildman–Crippen MR) is 252 cm³/mol. The summed E-state index contributed by atoms with van der Waals surface area (Å²) in [6.45, 7) is 0. The van der Waals surface area contributed by atoms with Gasteiger partial charge in [0.1, 0.15) is 0 Å². The van der Waals surface area contributed by atoms with Crippen molar-refractivity contribution in [3.63, 3.8) is 0 Å². The van der Waals surface area contributed by atoms with Gasteiger partial charge in [0.25, 0.3) is 11.2 Å². The second kappa shape index (κ2) is 13.4. The quantitative estimate of drug-likeness (QED) is 0.167. The summed E-state index contributed by atoms with van der Waals surface area (Å²) in [6.07, 6.45) is 0. The van der Waals surface area contributed by atoms with Crippen molar-refractivity contribution >= 4 is 21.9 Å². The molecule has 0 unspecified atom stereocenters. The summed E-state index contributed by atoms with van der Waals surface area (Å²) in [5.74, 6) is 1.84. The first-order valence-corrected chi connectivity index (χ1v) is 21.1. The first-order chi connectivity index (χ1) is 30.8. The molecule has 2 aromatic heterocycles. The van der Waals surface area contributed by atoms with Crippen LogP contribution in [-0.2, 0) is 5.41 Å². The monoisotopic (exact) mass is 790 g/mol. The van der Waals surface area contributed by atoms with E-state index in [0.29, 0.717) is 17.5 Å². The van der Waals surface area contributed by atoms with Gasteiger partial charge in [0, 0.05) is 28.8 Å². The van der Waals surface area contributed by atoms with Crippen molar-refractivity contribution in [3.8, 4) is 78.7 Å². The van der Waals surface area contributed by atoms with Gasteiger partial charge in [-0.05, 0) is 85.0 Å².